The van der Waals surface area contributed by atoms with Crippen molar-refractivity contribution in [2.75, 3.05) is 26.3 Å². The highest BCUT2D eigenvalue weighted by Gasteiger charge is 2.14. The molecule has 64 valence electrons. The van der Waals surface area contributed by atoms with Crippen LogP contribution in [0.15, 0.2) is 0 Å². The molecule has 1 unspecified atom stereocenters. The Morgan fingerprint density at radius 1 is 1.73 bits per heavy atom. The highest BCUT2D eigenvalue weighted by Crippen LogP contribution is 2.09. The van der Waals surface area contributed by atoms with Gasteiger partial charge in [-0.1, -0.05) is 0 Å². The first-order valence-electron chi connectivity index (χ1n) is 3.86. The van der Waals surface area contributed by atoms with E-state index in [0.29, 0.717) is 5.92 Å². The lowest BCUT2D eigenvalue weighted by Gasteiger charge is -2.06. The smallest absolute Gasteiger partial charge is 0.231 e. The van der Waals surface area contributed by atoms with Crippen LogP contribution >= 0.6 is 0 Å². The molecule has 1 rings (SSSR count). The Bertz CT molecular complexity index is 132. The largest absolute Gasteiger partial charge is 0.381 e. The van der Waals surface area contributed by atoms with Crippen molar-refractivity contribution in [3.8, 4) is 0 Å². The van der Waals surface area contributed by atoms with E-state index in [9.17, 15) is 4.79 Å². The minimum Gasteiger partial charge on any atom is -0.381 e. The summed E-state index contributed by atoms with van der Waals surface area (Å²) >= 11 is 0. The number of hydrogen-bond donors (Lipinski definition) is 2. The third-order valence-electron chi connectivity index (χ3n) is 1.76. The highest BCUT2D eigenvalue weighted by atomic mass is 16.5. The van der Waals surface area contributed by atoms with Crippen molar-refractivity contribution in [3.05, 3.63) is 0 Å². The maximum absolute atomic E-state index is 10.3. The topological polar surface area (TPSA) is 64.4 Å². The van der Waals surface area contributed by atoms with Gasteiger partial charge in [0.2, 0.25) is 5.91 Å². The van der Waals surface area contributed by atoms with Crippen LogP contribution in [-0.4, -0.2) is 32.2 Å². The monoisotopic (exact) mass is 158 g/mol. The molecule has 1 amide bonds. The Balaban J connectivity index is 1.98. The molecule has 4 nitrogen and oxygen atoms in total. The minimum absolute atomic E-state index is 0.274. The minimum atomic E-state index is -0.302. The molecule has 1 saturated heterocycles. The van der Waals surface area contributed by atoms with Gasteiger partial charge >= 0.3 is 0 Å². The van der Waals surface area contributed by atoms with Gasteiger partial charge in [0.1, 0.15) is 0 Å². The van der Waals surface area contributed by atoms with Gasteiger partial charge in [-0.05, 0) is 12.3 Å². The predicted molar refractivity (Wildman–Crippen MR) is 41.0 cm³/mol. The van der Waals surface area contributed by atoms with E-state index in [4.69, 9.17) is 10.5 Å². The number of carbonyl (C=O) groups excluding carboxylic acids is 1. The Morgan fingerprint density at radius 2 is 2.55 bits per heavy atom. The van der Waals surface area contributed by atoms with Crippen LogP contribution < -0.4 is 11.1 Å². The van der Waals surface area contributed by atoms with Gasteiger partial charge in [0, 0.05) is 13.2 Å². The Hall–Kier alpha value is -0.610. The number of nitrogens with two attached hydrogens (primary N) is 1. The fourth-order valence-corrected chi connectivity index (χ4v) is 1.14. The molecule has 4 heteroatoms. The molecular weight excluding hydrogens is 144 g/mol. The van der Waals surface area contributed by atoms with E-state index in [1.165, 1.54) is 0 Å². The van der Waals surface area contributed by atoms with Crippen LogP contribution in [0.3, 0.4) is 0 Å². The number of carbonyl (C=O) groups is 1. The van der Waals surface area contributed by atoms with Crippen molar-refractivity contribution in [3.63, 3.8) is 0 Å². The molecule has 0 radical (unpaired) electrons. The Kier molecular flexibility index (Phi) is 3.32. The Morgan fingerprint density at radius 3 is 3.09 bits per heavy atom. The fraction of sp³-hybridized carbons (Fsp3) is 0.857. The summed E-state index contributed by atoms with van der Waals surface area (Å²) in [5.41, 5.74) is 4.94. The molecule has 1 atom stereocenters. The summed E-state index contributed by atoms with van der Waals surface area (Å²) in [5, 5.41) is 2.97. The van der Waals surface area contributed by atoms with Gasteiger partial charge in [-0.15, -0.1) is 0 Å². The summed E-state index contributed by atoms with van der Waals surface area (Å²) in [6.07, 6.45) is 1.09. The van der Waals surface area contributed by atoms with E-state index in [0.717, 1.165) is 26.2 Å². The van der Waals surface area contributed by atoms with Gasteiger partial charge in [0.05, 0.1) is 13.2 Å². The van der Waals surface area contributed by atoms with E-state index < -0.39 is 0 Å². The maximum Gasteiger partial charge on any atom is 0.231 e. The molecule has 0 saturated carbocycles. The molecule has 11 heavy (non-hydrogen) atoms. The van der Waals surface area contributed by atoms with Crippen molar-refractivity contribution in [1.29, 1.82) is 0 Å². The summed E-state index contributed by atoms with van der Waals surface area (Å²) < 4.78 is 5.16. The standard InChI is InChI=1S/C7H14N2O2/c8-7(10)4-9-3-6-1-2-11-5-6/h6,9H,1-5H2,(H2,8,10). The molecule has 0 aromatic rings. The number of nitrogens with one attached hydrogen (secondary N) is 1. The quantitative estimate of drug-likeness (QED) is 0.557. The van der Waals surface area contributed by atoms with Crippen LogP contribution in [0.2, 0.25) is 0 Å². The van der Waals surface area contributed by atoms with Gasteiger partial charge in [0.15, 0.2) is 0 Å². The van der Waals surface area contributed by atoms with Gasteiger partial charge < -0.3 is 15.8 Å². The second-order valence-corrected chi connectivity index (χ2v) is 2.83. The lowest BCUT2D eigenvalue weighted by Crippen LogP contribution is -2.32. The zero-order chi connectivity index (χ0) is 8.10. The van der Waals surface area contributed by atoms with Gasteiger partial charge in [-0.3, -0.25) is 4.79 Å². The zero-order valence-corrected chi connectivity index (χ0v) is 6.51. The SMILES string of the molecule is NC(=O)CNCC1CCOC1. The number of rotatable bonds is 4. The van der Waals surface area contributed by atoms with Crippen LogP contribution in [0, 0.1) is 5.92 Å². The first-order valence-corrected chi connectivity index (χ1v) is 3.86. The maximum atomic E-state index is 10.3. The Labute approximate surface area is 66.1 Å². The lowest BCUT2D eigenvalue weighted by atomic mass is 10.1. The third-order valence-corrected chi connectivity index (χ3v) is 1.76. The van der Waals surface area contributed by atoms with Crippen molar-refractivity contribution in [1.82, 2.24) is 5.32 Å². The van der Waals surface area contributed by atoms with Crippen LogP contribution in [0.4, 0.5) is 0 Å². The summed E-state index contributed by atoms with van der Waals surface area (Å²) in [5.74, 6) is 0.262. The van der Waals surface area contributed by atoms with E-state index >= 15 is 0 Å². The second kappa shape index (κ2) is 4.31. The van der Waals surface area contributed by atoms with Crippen molar-refractivity contribution >= 4 is 5.91 Å². The average molecular weight is 158 g/mol. The van der Waals surface area contributed by atoms with E-state index in [1.807, 2.05) is 0 Å². The first-order chi connectivity index (χ1) is 5.29. The lowest BCUT2D eigenvalue weighted by molar-refractivity contribution is -0.117. The van der Waals surface area contributed by atoms with Crippen molar-refractivity contribution in [2.45, 2.75) is 6.42 Å². The molecule has 0 spiro atoms. The fourth-order valence-electron chi connectivity index (χ4n) is 1.14. The predicted octanol–water partition coefficient (Wildman–Crippen LogP) is -0.902. The van der Waals surface area contributed by atoms with Crippen LogP contribution in [0.1, 0.15) is 6.42 Å². The van der Waals surface area contributed by atoms with Gasteiger partial charge in [-0.2, -0.15) is 0 Å². The highest BCUT2D eigenvalue weighted by molar-refractivity contribution is 5.75. The molecule has 0 bridgehead atoms. The molecule has 1 fully saturated rings. The van der Waals surface area contributed by atoms with Crippen molar-refractivity contribution < 1.29 is 9.53 Å². The second-order valence-electron chi connectivity index (χ2n) is 2.83. The average Bonchev–Trinajstić information content (AvgIpc) is 2.39. The van der Waals surface area contributed by atoms with Crippen molar-refractivity contribution in [2.24, 2.45) is 11.7 Å². The first kappa shape index (κ1) is 8.49. The number of primary amides is 1. The molecule has 0 aromatic heterocycles. The summed E-state index contributed by atoms with van der Waals surface area (Å²) in [7, 11) is 0. The molecule has 0 aliphatic carbocycles. The van der Waals surface area contributed by atoms with Crippen LogP contribution in [0.25, 0.3) is 0 Å². The van der Waals surface area contributed by atoms with Crippen LogP contribution in [0.5, 0.6) is 0 Å². The van der Waals surface area contributed by atoms with E-state index in [1.54, 1.807) is 0 Å². The van der Waals surface area contributed by atoms with Crippen LogP contribution in [-0.2, 0) is 9.53 Å². The summed E-state index contributed by atoms with van der Waals surface area (Å²) in [6, 6.07) is 0. The zero-order valence-electron chi connectivity index (χ0n) is 6.51. The molecule has 1 aliphatic rings. The number of hydrogen-bond acceptors (Lipinski definition) is 3. The third kappa shape index (κ3) is 3.34. The van der Waals surface area contributed by atoms with Gasteiger partial charge in [-0.25, -0.2) is 0 Å². The molecule has 0 aromatic carbocycles. The molecular formula is C7H14N2O2. The molecule has 3 N–H and O–H groups in total. The number of ether oxygens (including phenoxy) is 1. The molecule has 1 aliphatic heterocycles. The van der Waals surface area contributed by atoms with E-state index in [-0.39, 0.29) is 12.5 Å². The summed E-state index contributed by atoms with van der Waals surface area (Å²) in [4.78, 5) is 10.3. The van der Waals surface area contributed by atoms with E-state index in [2.05, 4.69) is 5.32 Å². The normalized spacial score (nSPS) is 23.8. The summed E-state index contributed by atoms with van der Waals surface area (Å²) in [6.45, 7) is 2.77. The van der Waals surface area contributed by atoms with Gasteiger partial charge in [0.25, 0.3) is 0 Å². The molecule has 1 heterocycles. The number of amides is 1.